The maximum absolute atomic E-state index is 12.9. The van der Waals surface area contributed by atoms with Gasteiger partial charge in [-0.25, -0.2) is 0 Å². The molecule has 2 aromatic carbocycles. The second-order valence-electron chi connectivity index (χ2n) is 7.19. The fourth-order valence-corrected chi connectivity index (χ4v) is 5.13. The van der Waals surface area contributed by atoms with Crippen LogP contribution in [-0.4, -0.2) is 41.4 Å². The van der Waals surface area contributed by atoms with Gasteiger partial charge in [0.2, 0.25) is 16.9 Å². The van der Waals surface area contributed by atoms with Crippen LogP contribution >= 0.6 is 23.1 Å². The van der Waals surface area contributed by atoms with Gasteiger partial charge in [0.05, 0.1) is 12.9 Å². The standard InChI is InChI=1S/C22H23N5O3S2/c1-14(28)23-16-6-3-7-17(12-16)24-21-25-26-22(32-21)31-13-20(29)27-10-4-5-15-11-18(30-2)8-9-19(15)27/h3,6-9,11-12H,4-5,10,13H2,1-2H3,(H,23,28)(H,24,25). The number of rotatable bonds is 7. The molecule has 2 amide bonds. The predicted octanol–water partition coefficient (Wildman–Crippen LogP) is 4.32. The first-order chi connectivity index (χ1) is 15.5. The number of hydrogen-bond donors (Lipinski definition) is 2. The van der Waals surface area contributed by atoms with Gasteiger partial charge in [-0.3, -0.25) is 9.59 Å². The molecule has 32 heavy (non-hydrogen) atoms. The maximum Gasteiger partial charge on any atom is 0.237 e. The number of amides is 2. The van der Waals surface area contributed by atoms with Crippen molar-refractivity contribution in [2.45, 2.75) is 24.1 Å². The molecule has 0 unspecified atom stereocenters. The van der Waals surface area contributed by atoms with E-state index in [1.165, 1.54) is 30.0 Å². The van der Waals surface area contributed by atoms with Gasteiger partial charge in [-0.05, 0) is 54.8 Å². The SMILES string of the molecule is COc1ccc2c(c1)CCCN2C(=O)CSc1nnc(Nc2cccc(NC(C)=O)c2)s1. The molecule has 8 nitrogen and oxygen atoms in total. The lowest BCUT2D eigenvalue weighted by Gasteiger charge is -2.29. The molecule has 0 atom stereocenters. The van der Waals surface area contributed by atoms with Crippen molar-refractivity contribution in [3.8, 4) is 5.75 Å². The van der Waals surface area contributed by atoms with Crippen molar-refractivity contribution >= 4 is 57.1 Å². The van der Waals surface area contributed by atoms with Gasteiger partial charge in [-0.2, -0.15) is 0 Å². The van der Waals surface area contributed by atoms with Crippen LogP contribution in [0.5, 0.6) is 5.75 Å². The molecule has 0 bridgehead atoms. The number of fused-ring (bicyclic) bond motifs is 1. The fraction of sp³-hybridized carbons (Fsp3) is 0.273. The van der Waals surface area contributed by atoms with E-state index in [0.717, 1.165) is 35.5 Å². The zero-order valence-corrected chi connectivity index (χ0v) is 19.4. The summed E-state index contributed by atoms with van der Waals surface area (Å²) in [4.78, 5) is 26.0. The number of ether oxygens (including phenoxy) is 1. The lowest BCUT2D eigenvalue weighted by Crippen LogP contribution is -2.36. The number of anilines is 4. The van der Waals surface area contributed by atoms with Crippen molar-refractivity contribution in [3.63, 3.8) is 0 Å². The van der Waals surface area contributed by atoms with E-state index in [-0.39, 0.29) is 17.6 Å². The predicted molar refractivity (Wildman–Crippen MR) is 128 cm³/mol. The highest BCUT2D eigenvalue weighted by Gasteiger charge is 2.23. The molecule has 1 aliphatic rings. The molecule has 3 aromatic rings. The summed E-state index contributed by atoms with van der Waals surface area (Å²) in [7, 11) is 1.65. The molecular formula is C22H23N5O3S2. The topological polar surface area (TPSA) is 96.4 Å². The Bertz CT molecular complexity index is 1130. The third-order valence-electron chi connectivity index (χ3n) is 4.87. The third-order valence-corrected chi connectivity index (χ3v) is 6.82. The molecule has 0 aliphatic carbocycles. The second-order valence-corrected chi connectivity index (χ2v) is 9.39. The van der Waals surface area contributed by atoms with Crippen LogP contribution in [0.15, 0.2) is 46.8 Å². The Morgan fingerprint density at radius 1 is 1.19 bits per heavy atom. The molecule has 0 fully saturated rings. The molecule has 2 heterocycles. The quantitative estimate of drug-likeness (QED) is 0.498. The van der Waals surface area contributed by atoms with E-state index in [0.29, 0.717) is 21.7 Å². The van der Waals surface area contributed by atoms with Crippen molar-refractivity contribution in [3.05, 3.63) is 48.0 Å². The number of aromatic nitrogens is 2. The summed E-state index contributed by atoms with van der Waals surface area (Å²) in [5.41, 5.74) is 3.59. The number of carbonyl (C=O) groups excluding carboxylic acids is 2. The van der Waals surface area contributed by atoms with E-state index < -0.39 is 0 Å². The van der Waals surface area contributed by atoms with Crippen molar-refractivity contribution in [1.29, 1.82) is 0 Å². The molecule has 0 saturated heterocycles. The Morgan fingerprint density at radius 3 is 2.84 bits per heavy atom. The van der Waals surface area contributed by atoms with Crippen LogP contribution in [-0.2, 0) is 16.0 Å². The van der Waals surface area contributed by atoms with E-state index in [1.54, 1.807) is 7.11 Å². The Kier molecular flexibility index (Phi) is 6.91. The normalized spacial score (nSPS) is 12.8. The monoisotopic (exact) mass is 469 g/mol. The van der Waals surface area contributed by atoms with Crippen LogP contribution in [0.3, 0.4) is 0 Å². The van der Waals surface area contributed by atoms with E-state index >= 15 is 0 Å². The second kappa shape index (κ2) is 10.0. The molecule has 4 rings (SSSR count). The van der Waals surface area contributed by atoms with Crippen LogP contribution in [0.2, 0.25) is 0 Å². The maximum atomic E-state index is 12.9. The summed E-state index contributed by atoms with van der Waals surface area (Å²) in [6.45, 7) is 2.18. The van der Waals surface area contributed by atoms with Crippen LogP contribution < -0.4 is 20.3 Å². The highest BCUT2D eigenvalue weighted by atomic mass is 32.2. The molecular weight excluding hydrogens is 446 g/mol. The zero-order valence-electron chi connectivity index (χ0n) is 17.8. The van der Waals surface area contributed by atoms with Crippen molar-refractivity contribution in [2.24, 2.45) is 0 Å². The smallest absolute Gasteiger partial charge is 0.237 e. The number of nitrogens with zero attached hydrogens (tertiary/aromatic N) is 3. The first-order valence-electron chi connectivity index (χ1n) is 10.1. The lowest BCUT2D eigenvalue weighted by atomic mass is 10.0. The Morgan fingerprint density at radius 2 is 2.03 bits per heavy atom. The summed E-state index contributed by atoms with van der Waals surface area (Å²) in [6, 6.07) is 13.2. The Hall–Kier alpha value is -3.11. The largest absolute Gasteiger partial charge is 0.497 e. The minimum Gasteiger partial charge on any atom is -0.497 e. The van der Waals surface area contributed by atoms with Gasteiger partial charge >= 0.3 is 0 Å². The number of nitrogens with one attached hydrogen (secondary N) is 2. The molecule has 0 saturated carbocycles. The summed E-state index contributed by atoms with van der Waals surface area (Å²) < 4.78 is 6.02. The molecule has 1 aromatic heterocycles. The zero-order chi connectivity index (χ0) is 22.5. The Labute approximate surface area is 194 Å². The van der Waals surface area contributed by atoms with Crippen molar-refractivity contribution in [2.75, 3.05) is 34.9 Å². The van der Waals surface area contributed by atoms with Gasteiger partial charge in [-0.15, -0.1) is 10.2 Å². The van der Waals surface area contributed by atoms with Gasteiger partial charge in [-0.1, -0.05) is 29.2 Å². The van der Waals surface area contributed by atoms with Crippen molar-refractivity contribution < 1.29 is 14.3 Å². The van der Waals surface area contributed by atoms with E-state index in [4.69, 9.17) is 4.74 Å². The van der Waals surface area contributed by atoms with E-state index in [9.17, 15) is 9.59 Å². The first kappa shape index (κ1) is 22.1. The fourth-order valence-electron chi connectivity index (χ4n) is 3.48. The molecule has 0 radical (unpaired) electrons. The minimum atomic E-state index is -0.128. The van der Waals surface area contributed by atoms with Gasteiger partial charge in [0.25, 0.3) is 0 Å². The number of carbonyl (C=O) groups is 2. The molecule has 10 heteroatoms. The number of benzene rings is 2. The highest BCUT2D eigenvalue weighted by Crippen LogP contribution is 2.32. The summed E-state index contributed by atoms with van der Waals surface area (Å²) in [5.74, 6) is 1.02. The average Bonchev–Trinajstić information content (AvgIpc) is 3.23. The van der Waals surface area contributed by atoms with Crippen LogP contribution in [0.25, 0.3) is 0 Å². The Balaban J connectivity index is 1.36. The van der Waals surface area contributed by atoms with E-state index in [1.807, 2.05) is 47.4 Å². The van der Waals surface area contributed by atoms with Gasteiger partial charge in [0.1, 0.15) is 5.75 Å². The molecule has 1 aliphatic heterocycles. The van der Waals surface area contributed by atoms with Crippen LogP contribution in [0.4, 0.5) is 22.2 Å². The van der Waals surface area contributed by atoms with Crippen LogP contribution in [0, 0.1) is 0 Å². The van der Waals surface area contributed by atoms with Crippen LogP contribution in [0.1, 0.15) is 18.9 Å². The number of aryl methyl sites for hydroxylation is 1. The molecule has 0 spiro atoms. The van der Waals surface area contributed by atoms with Gasteiger partial charge in [0.15, 0.2) is 4.34 Å². The lowest BCUT2D eigenvalue weighted by molar-refractivity contribution is -0.116. The minimum absolute atomic E-state index is 0.0498. The van der Waals surface area contributed by atoms with Gasteiger partial charge in [0, 0.05) is 30.5 Å². The van der Waals surface area contributed by atoms with E-state index in [2.05, 4.69) is 20.8 Å². The first-order valence-corrected chi connectivity index (χ1v) is 11.9. The number of hydrogen-bond acceptors (Lipinski definition) is 8. The summed E-state index contributed by atoms with van der Waals surface area (Å²) in [6.07, 6.45) is 1.87. The molecule has 166 valence electrons. The summed E-state index contributed by atoms with van der Waals surface area (Å²) in [5, 5.41) is 14.9. The number of methoxy groups -OCH3 is 1. The third kappa shape index (κ3) is 5.38. The average molecular weight is 470 g/mol. The summed E-state index contributed by atoms with van der Waals surface area (Å²) >= 11 is 2.76. The highest BCUT2D eigenvalue weighted by molar-refractivity contribution is 8.01. The van der Waals surface area contributed by atoms with Crippen molar-refractivity contribution in [1.82, 2.24) is 10.2 Å². The van der Waals surface area contributed by atoms with Gasteiger partial charge < -0.3 is 20.3 Å². The molecule has 2 N–H and O–H groups in total. The number of thioether (sulfide) groups is 1.